The maximum absolute atomic E-state index is 11.1. The molecule has 1 aromatic rings. The molecule has 0 saturated carbocycles. The molecular formula is C8H13ClN2O2S. The molecule has 0 aliphatic carbocycles. The summed E-state index contributed by atoms with van der Waals surface area (Å²) >= 11 is 6.71. The predicted molar refractivity (Wildman–Crippen MR) is 58.8 cm³/mol. The molecule has 1 rings (SSSR count). The molecule has 1 aromatic heterocycles. The first-order chi connectivity index (χ1) is 6.65. The van der Waals surface area contributed by atoms with E-state index in [2.05, 4.69) is 9.72 Å². The lowest BCUT2D eigenvalue weighted by molar-refractivity contribution is 0.0521. The van der Waals surface area contributed by atoms with Crippen LogP contribution in [0.5, 0.6) is 0 Å². The molecule has 0 saturated heterocycles. The van der Waals surface area contributed by atoms with Gasteiger partial charge in [-0.15, -0.1) is 0 Å². The van der Waals surface area contributed by atoms with Gasteiger partial charge in [-0.3, -0.25) is 0 Å². The molecule has 14 heavy (non-hydrogen) atoms. The number of esters is 1. The van der Waals surface area contributed by atoms with Crippen molar-refractivity contribution < 1.29 is 9.53 Å². The van der Waals surface area contributed by atoms with Gasteiger partial charge in [0.2, 0.25) is 0 Å². The van der Waals surface area contributed by atoms with Crippen molar-refractivity contribution in [2.45, 2.75) is 20.8 Å². The fourth-order valence-corrected chi connectivity index (χ4v) is 1.55. The van der Waals surface area contributed by atoms with Crippen molar-refractivity contribution in [3.05, 3.63) is 10.0 Å². The van der Waals surface area contributed by atoms with Crippen LogP contribution in [-0.2, 0) is 4.74 Å². The average Bonchev–Trinajstić information content (AvgIpc) is 2.49. The highest BCUT2D eigenvalue weighted by atomic mass is 35.5. The van der Waals surface area contributed by atoms with Crippen LogP contribution in [0.25, 0.3) is 0 Å². The van der Waals surface area contributed by atoms with Crippen molar-refractivity contribution in [2.75, 3.05) is 12.3 Å². The molecule has 4 nitrogen and oxygen atoms in total. The van der Waals surface area contributed by atoms with Crippen molar-refractivity contribution in [3.63, 3.8) is 0 Å². The quantitative estimate of drug-likeness (QED) is 0.802. The molecule has 0 amide bonds. The highest BCUT2D eigenvalue weighted by molar-refractivity contribution is 7.19. The smallest absolute Gasteiger partial charge is 0.359 e. The van der Waals surface area contributed by atoms with E-state index in [1.807, 2.05) is 13.8 Å². The number of hydrogen-bond acceptors (Lipinski definition) is 5. The minimum atomic E-state index is -0.532. The molecule has 6 heteroatoms. The molecule has 0 aliphatic rings. The second-order valence-electron chi connectivity index (χ2n) is 1.89. The fourth-order valence-electron chi connectivity index (χ4n) is 0.642. The minimum Gasteiger partial charge on any atom is -0.461 e. The van der Waals surface area contributed by atoms with Crippen molar-refractivity contribution in [2.24, 2.45) is 0 Å². The normalized spacial score (nSPS) is 8.86. The van der Waals surface area contributed by atoms with Gasteiger partial charge in [-0.05, 0) is 6.92 Å². The minimum absolute atomic E-state index is 0.0982. The van der Waals surface area contributed by atoms with E-state index in [1.54, 1.807) is 6.92 Å². The standard InChI is InChI=1S/C6H7ClN2O2S.C2H6/c1-2-11-5(10)3-4(7)12-6(8)9-3;1-2/h2H2,1H3,(H2,8,9);1-2H3. The largest absolute Gasteiger partial charge is 0.461 e. The third-order valence-electron chi connectivity index (χ3n) is 1.07. The van der Waals surface area contributed by atoms with E-state index in [9.17, 15) is 4.79 Å². The lowest BCUT2D eigenvalue weighted by Gasteiger charge is -1.96. The van der Waals surface area contributed by atoms with Crippen LogP contribution >= 0.6 is 22.9 Å². The Kier molecular flexibility index (Phi) is 6.23. The highest BCUT2D eigenvalue weighted by Crippen LogP contribution is 2.26. The Bertz CT molecular complexity index is 302. The third kappa shape index (κ3) is 3.51. The number of anilines is 1. The number of aromatic nitrogens is 1. The molecule has 0 bridgehead atoms. The molecule has 0 spiro atoms. The highest BCUT2D eigenvalue weighted by Gasteiger charge is 2.16. The van der Waals surface area contributed by atoms with Crippen molar-refractivity contribution in [1.29, 1.82) is 0 Å². The summed E-state index contributed by atoms with van der Waals surface area (Å²) in [7, 11) is 0. The zero-order valence-corrected chi connectivity index (χ0v) is 9.91. The molecular weight excluding hydrogens is 224 g/mol. The van der Waals surface area contributed by atoms with Crippen LogP contribution in [0.1, 0.15) is 31.3 Å². The van der Waals surface area contributed by atoms with Crippen LogP contribution in [0.4, 0.5) is 5.13 Å². The third-order valence-corrected chi connectivity index (χ3v) is 2.15. The van der Waals surface area contributed by atoms with Crippen molar-refractivity contribution >= 4 is 34.0 Å². The Hall–Kier alpha value is -0.810. The van der Waals surface area contributed by atoms with E-state index in [4.69, 9.17) is 17.3 Å². The van der Waals surface area contributed by atoms with E-state index in [1.165, 1.54) is 0 Å². The summed E-state index contributed by atoms with van der Waals surface area (Å²) in [6.07, 6.45) is 0. The second kappa shape index (κ2) is 6.62. The number of carbonyl (C=O) groups is 1. The van der Waals surface area contributed by atoms with E-state index >= 15 is 0 Å². The Morgan fingerprint density at radius 2 is 2.21 bits per heavy atom. The summed E-state index contributed by atoms with van der Waals surface area (Å²) in [5, 5.41) is 0.267. The Morgan fingerprint density at radius 1 is 1.64 bits per heavy atom. The summed E-state index contributed by atoms with van der Waals surface area (Å²) in [6, 6.07) is 0. The number of rotatable bonds is 2. The van der Waals surface area contributed by atoms with E-state index < -0.39 is 5.97 Å². The molecule has 0 atom stereocenters. The number of halogens is 1. The van der Waals surface area contributed by atoms with Gasteiger partial charge in [0.25, 0.3) is 0 Å². The number of nitrogen functional groups attached to an aromatic ring is 1. The summed E-state index contributed by atoms with van der Waals surface area (Å²) in [6.45, 7) is 6.01. The van der Waals surface area contributed by atoms with Gasteiger partial charge in [0.15, 0.2) is 10.8 Å². The lowest BCUT2D eigenvalue weighted by Crippen LogP contribution is -2.05. The summed E-state index contributed by atoms with van der Waals surface area (Å²) in [4.78, 5) is 14.8. The van der Waals surface area contributed by atoms with E-state index in [0.29, 0.717) is 6.61 Å². The number of thiazole rings is 1. The van der Waals surface area contributed by atoms with Crippen LogP contribution < -0.4 is 5.73 Å². The molecule has 0 radical (unpaired) electrons. The van der Waals surface area contributed by atoms with Crippen LogP contribution in [-0.4, -0.2) is 17.6 Å². The van der Waals surface area contributed by atoms with Gasteiger partial charge >= 0.3 is 5.97 Å². The fraction of sp³-hybridized carbons (Fsp3) is 0.500. The first-order valence-electron chi connectivity index (χ1n) is 4.24. The van der Waals surface area contributed by atoms with Crippen molar-refractivity contribution in [1.82, 2.24) is 4.98 Å². The van der Waals surface area contributed by atoms with Gasteiger partial charge in [-0.1, -0.05) is 36.8 Å². The first kappa shape index (κ1) is 13.2. The number of carbonyl (C=O) groups excluding carboxylic acids is 1. The number of ether oxygens (including phenoxy) is 1. The molecule has 1 heterocycles. The number of nitrogens with zero attached hydrogens (tertiary/aromatic N) is 1. The predicted octanol–water partition coefficient (Wildman–Crippen LogP) is 2.58. The summed E-state index contributed by atoms with van der Waals surface area (Å²) in [5.74, 6) is -0.532. The molecule has 0 aromatic carbocycles. The average molecular weight is 237 g/mol. The van der Waals surface area contributed by atoms with Crippen LogP contribution in [0.15, 0.2) is 0 Å². The van der Waals surface area contributed by atoms with Crippen LogP contribution in [0.2, 0.25) is 4.34 Å². The Balaban J connectivity index is 0.000000791. The molecule has 0 unspecified atom stereocenters. The maximum atomic E-state index is 11.1. The SMILES string of the molecule is CC.CCOC(=O)c1nc(N)sc1Cl. The maximum Gasteiger partial charge on any atom is 0.359 e. The van der Waals surface area contributed by atoms with Crippen LogP contribution in [0, 0.1) is 0 Å². The molecule has 0 aliphatic heterocycles. The van der Waals surface area contributed by atoms with Crippen molar-refractivity contribution in [3.8, 4) is 0 Å². The molecule has 2 N–H and O–H groups in total. The van der Waals surface area contributed by atoms with Gasteiger partial charge in [0.05, 0.1) is 6.61 Å². The number of nitrogens with two attached hydrogens (primary N) is 1. The summed E-state index contributed by atoms with van der Waals surface area (Å²) in [5.41, 5.74) is 5.43. The van der Waals surface area contributed by atoms with Gasteiger partial charge < -0.3 is 10.5 Å². The van der Waals surface area contributed by atoms with Gasteiger partial charge in [-0.25, -0.2) is 9.78 Å². The van der Waals surface area contributed by atoms with Crippen LogP contribution in [0.3, 0.4) is 0 Å². The van der Waals surface area contributed by atoms with E-state index in [0.717, 1.165) is 11.3 Å². The lowest BCUT2D eigenvalue weighted by atomic mass is 10.5. The monoisotopic (exact) mass is 236 g/mol. The first-order valence-corrected chi connectivity index (χ1v) is 5.43. The second-order valence-corrected chi connectivity index (χ2v) is 3.53. The number of hydrogen-bond donors (Lipinski definition) is 1. The van der Waals surface area contributed by atoms with Gasteiger partial charge in [0, 0.05) is 0 Å². The molecule has 0 fully saturated rings. The van der Waals surface area contributed by atoms with E-state index in [-0.39, 0.29) is 15.2 Å². The van der Waals surface area contributed by atoms with Gasteiger partial charge in [-0.2, -0.15) is 0 Å². The molecule has 80 valence electrons. The topological polar surface area (TPSA) is 65.2 Å². The summed E-state index contributed by atoms with van der Waals surface area (Å²) < 4.78 is 4.96. The Morgan fingerprint density at radius 3 is 2.57 bits per heavy atom. The zero-order chi connectivity index (χ0) is 11.1. The Labute approximate surface area is 92.0 Å². The van der Waals surface area contributed by atoms with Gasteiger partial charge in [0.1, 0.15) is 4.34 Å². The zero-order valence-electron chi connectivity index (χ0n) is 8.33.